The summed E-state index contributed by atoms with van der Waals surface area (Å²) in [5, 5.41) is 0. The summed E-state index contributed by atoms with van der Waals surface area (Å²) in [6, 6.07) is 16.4. The molecule has 136 valence electrons. The molecule has 2 aromatic carbocycles. The fraction of sp³-hybridized carbons (Fsp3) is 0.409. The van der Waals surface area contributed by atoms with Gasteiger partial charge in [0, 0.05) is 37.4 Å². The number of nitrogens with zero attached hydrogens (tertiary/aromatic N) is 2. The van der Waals surface area contributed by atoms with Crippen LogP contribution in [0.4, 0.5) is 11.4 Å². The second-order valence-corrected chi connectivity index (χ2v) is 7.07. The first kappa shape index (κ1) is 17.0. The normalized spacial score (nSPS) is 16.0. The van der Waals surface area contributed by atoms with Crippen molar-refractivity contribution in [3.05, 3.63) is 54.1 Å². The monoisotopic (exact) mass is 350 g/mol. The topological polar surface area (TPSA) is 32.8 Å². The Balaban J connectivity index is 1.31. The van der Waals surface area contributed by atoms with Crippen molar-refractivity contribution in [2.24, 2.45) is 0 Å². The molecule has 0 aliphatic carbocycles. The van der Waals surface area contributed by atoms with Gasteiger partial charge in [0.05, 0.1) is 6.61 Å². The molecule has 1 saturated heterocycles. The Morgan fingerprint density at radius 3 is 2.62 bits per heavy atom. The molecule has 0 radical (unpaired) electrons. The number of rotatable bonds is 6. The van der Waals surface area contributed by atoms with Crippen LogP contribution in [0.25, 0.3) is 0 Å². The van der Waals surface area contributed by atoms with Gasteiger partial charge in [-0.1, -0.05) is 18.2 Å². The molecule has 0 bridgehead atoms. The lowest BCUT2D eigenvalue weighted by molar-refractivity contribution is -0.118. The predicted molar refractivity (Wildman–Crippen MR) is 105 cm³/mol. The van der Waals surface area contributed by atoms with E-state index in [0.29, 0.717) is 13.0 Å². The molecule has 1 amide bonds. The maximum absolute atomic E-state index is 12.6. The minimum atomic E-state index is 0.203. The Kier molecular flexibility index (Phi) is 5.09. The highest BCUT2D eigenvalue weighted by atomic mass is 16.5. The minimum absolute atomic E-state index is 0.203. The van der Waals surface area contributed by atoms with E-state index < -0.39 is 0 Å². The van der Waals surface area contributed by atoms with E-state index in [-0.39, 0.29) is 5.91 Å². The molecule has 4 rings (SSSR count). The summed E-state index contributed by atoms with van der Waals surface area (Å²) in [5.74, 6) is 1.07. The van der Waals surface area contributed by atoms with Gasteiger partial charge in [0.2, 0.25) is 5.91 Å². The van der Waals surface area contributed by atoms with Crippen molar-refractivity contribution in [1.82, 2.24) is 0 Å². The highest BCUT2D eigenvalue weighted by molar-refractivity contribution is 5.95. The van der Waals surface area contributed by atoms with Gasteiger partial charge in [-0.15, -0.1) is 0 Å². The average molecular weight is 350 g/mol. The van der Waals surface area contributed by atoms with Crippen molar-refractivity contribution >= 4 is 17.3 Å². The summed E-state index contributed by atoms with van der Waals surface area (Å²) < 4.78 is 5.68. The standard InChI is InChI=1S/C22H26N2O2/c25-22(9-6-16-26-20-7-2-1-3-8-20)24-15-12-18-17-19(10-11-21(18)24)23-13-4-5-14-23/h1-3,7-8,10-11,17H,4-6,9,12-16H2. The first-order valence-electron chi connectivity index (χ1n) is 9.67. The predicted octanol–water partition coefficient (Wildman–Crippen LogP) is 4.04. The molecule has 0 atom stereocenters. The number of carbonyl (C=O) groups excluding carboxylic acids is 1. The van der Waals surface area contributed by atoms with E-state index >= 15 is 0 Å². The SMILES string of the molecule is O=C(CCCOc1ccccc1)N1CCc2cc(N3CCCC3)ccc21. The molecule has 0 aromatic heterocycles. The molecular weight excluding hydrogens is 324 g/mol. The minimum Gasteiger partial charge on any atom is -0.494 e. The second-order valence-electron chi connectivity index (χ2n) is 7.07. The molecule has 2 aliphatic rings. The molecule has 0 N–H and O–H groups in total. The van der Waals surface area contributed by atoms with E-state index in [2.05, 4.69) is 23.1 Å². The lowest BCUT2D eigenvalue weighted by Gasteiger charge is -2.21. The largest absolute Gasteiger partial charge is 0.494 e. The number of hydrogen-bond acceptors (Lipinski definition) is 3. The summed E-state index contributed by atoms with van der Waals surface area (Å²) in [7, 11) is 0. The smallest absolute Gasteiger partial charge is 0.227 e. The zero-order valence-corrected chi connectivity index (χ0v) is 15.2. The third-order valence-electron chi connectivity index (χ3n) is 5.28. The van der Waals surface area contributed by atoms with Crippen molar-refractivity contribution in [2.45, 2.75) is 32.1 Å². The summed E-state index contributed by atoms with van der Waals surface area (Å²) in [6.45, 7) is 3.69. The van der Waals surface area contributed by atoms with Crippen LogP contribution in [0.3, 0.4) is 0 Å². The average Bonchev–Trinajstić information content (AvgIpc) is 3.35. The maximum atomic E-state index is 12.6. The van der Waals surface area contributed by atoms with Crippen LogP contribution in [-0.2, 0) is 11.2 Å². The number of carbonyl (C=O) groups is 1. The molecule has 1 fully saturated rings. The van der Waals surface area contributed by atoms with Gasteiger partial charge >= 0.3 is 0 Å². The number of para-hydroxylation sites is 1. The van der Waals surface area contributed by atoms with Crippen LogP contribution < -0.4 is 14.5 Å². The zero-order valence-electron chi connectivity index (χ0n) is 15.2. The Labute approximate surface area is 155 Å². The molecule has 0 spiro atoms. The van der Waals surface area contributed by atoms with E-state index in [0.717, 1.165) is 43.9 Å². The van der Waals surface area contributed by atoms with Crippen LogP contribution in [0, 0.1) is 0 Å². The number of anilines is 2. The maximum Gasteiger partial charge on any atom is 0.227 e. The summed E-state index contributed by atoms with van der Waals surface area (Å²) >= 11 is 0. The molecule has 4 heteroatoms. The van der Waals surface area contributed by atoms with Gasteiger partial charge in [0.25, 0.3) is 0 Å². The van der Waals surface area contributed by atoms with Gasteiger partial charge in [0.1, 0.15) is 5.75 Å². The fourth-order valence-corrected chi connectivity index (χ4v) is 3.88. The molecule has 4 nitrogen and oxygen atoms in total. The van der Waals surface area contributed by atoms with Gasteiger partial charge in [-0.05, 0) is 61.6 Å². The van der Waals surface area contributed by atoms with Crippen LogP contribution in [0.5, 0.6) is 5.75 Å². The summed E-state index contributed by atoms with van der Waals surface area (Å²) in [6.07, 6.45) is 4.80. The Morgan fingerprint density at radius 2 is 1.81 bits per heavy atom. The van der Waals surface area contributed by atoms with Crippen LogP contribution in [0.2, 0.25) is 0 Å². The molecule has 0 saturated carbocycles. The van der Waals surface area contributed by atoms with Crippen LogP contribution >= 0.6 is 0 Å². The van der Waals surface area contributed by atoms with Crippen molar-refractivity contribution in [3.8, 4) is 5.75 Å². The Morgan fingerprint density at radius 1 is 1.00 bits per heavy atom. The van der Waals surface area contributed by atoms with Crippen molar-refractivity contribution in [3.63, 3.8) is 0 Å². The third kappa shape index (κ3) is 3.69. The van der Waals surface area contributed by atoms with Gasteiger partial charge in [-0.3, -0.25) is 4.79 Å². The number of hydrogen-bond donors (Lipinski definition) is 0. The van der Waals surface area contributed by atoms with Crippen molar-refractivity contribution in [1.29, 1.82) is 0 Å². The second kappa shape index (κ2) is 7.81. The van der Waals surface area contributed by atoms with Gasteiger partial charge in [0.15, 0.2) is 0 Å². The first-order chi connectivity index (χ1) is 12.8. The van der Waals surface area contributed by atoms with Crippen molar-refractivity contribution < 1.29 is 9.53 Å². The Bertz CT molecular complexity index is 754. The highest BCUT2D eigenvalue weighted by Gasteiger charge is 2.25. The van der Waals surface area contributed by atoms with E-state index in [1.165, 1.54) is 24.1 Å². The Hall–Kier alpha value is -2.49. The van der Waals surface area contributed by atoms with Gasteiger partial charge in [-0.2, -0.15) is 0 Å². The summed E-state index contributed by atoms with van der Waals surface area (Å²) in [5.41, 5.74) is 3.72. The van der Waals surface area contributed by atoms with Gasteiger partial charge < -0.3 is 14.5 Å². The van der Waals surface area contributed by atoms with Crippen molar-refractivity contribution in [2.75, 3.05) is 36.0 Å². The number of fused-ring (bicyclic) bond motifs is 1. The van der Waals surface area contributed by atoms with E-state index in [4.69, 9.17) is 4.74 Å². The molecule has 2 aliphatic heterocycles. The number of amides is 1. The van der Waals surface area contributed by atoms with E-state index in [1.807, 2.05) is 35.2 Å². The number of benzene rings is 2. The summed E-state index contributed by atoms with van der Waals surface area (Å²) in [4.78, 5) is 17.0. The van der Waals surface area contributed by atoms with Gasteiger partial charge in [-0.25, -0.2) is 0 Å². The molecule has 2 heterocycles. The van der Waals surface area contributed by atoms with Crippen LogP contribution in [-0.4, -0.2) is 32.1 Å². The zero-order chi connectivity index (χ0) is 17.8. The molecule has 26 heavy (non-hydrogen) atoms. The van der Waals surface area contributed by atoms with E-state index in [1.54, 1.807) is 0 Å². The highest BCUT2D eigenvalue weighted by Crippen LogP contribution is 2.33. The molecule has 0 unspecified atom stereocenters. The number of ether oxygens (including phenoxy) is 1. The lowest BCUT2D eigenvalue weighted by Crippen LogP contribution is -2.29. The van der Waals surface area contributed by atoms with Crippen LogP contribution in [0.1, 0.15) is 31.2 Å². The quantitative estimate of drug-likeness (QED) is 0.737. The van der Waals surface area contributed by atoms with Crippen LogP contribution in [0.15, 0.2) is 48.5 Å². The third-order valence-corrected chi connectivity index (χ3v) is 5.28. The first-order valence-corrected chi connectivity index (χ1v) is 9.67. The lowest BCUT2D eigenvalue weighted by atomic mass is 10.1. The fourth-order valence-electron chi connectivity index (χ4n) is 3.88. The van der Waals surface area contributed by atoms with E-state index in [9.17, 15) is 4.79 Å². The molecule has 2 aromatic rings. The molecular formula is C22H26N2O2.